The zero-order valence-corrected chi connectivity index (χ0v) is 42.3. The van der Waals surface area contributed by atoms with E-state index in [4.69, 9.17) is 9.47 Å². The normalized spacial score (nSPS) is 19.9. The van der Waals surface area contributed by atoms with Crippen molar-refractivity contribution in [2.45, 2.75) is 88.4 Å². The van der Waals surface area contributed by atoms with E-state index in [1.54, 1.807) is 90.3 Å². The molecule has 2 bridgehead atoms. The highest BCUT2D eigenvalue weighted by molar-refractivity contribution is 7.09. The number of aliphatic carboxylic acids is 1. The van der Waals surface area contributed by atoms with Crippen molar-refractivity contribution in [1.29, 1.82) is 0 Å². The standard InChI is InChI=1S/C57H56N6O12S/c1-34(64)74-49-50(75-35(2)65)56(71)62-47(33-43-19-12-28-76-43)54(69)61-45(30-38-20-24-41(25-21-38)40-17-10-5-11-18-40)52(67)59-44(29-36-13-6-3-7-14-36)51(66)60-46(31-39-22-26-42(27-23-39)58-55(49)70)53(68)63-48(57(72)73)32-37-15-8-4-9-16-37/h3-28,44-50H,29-33H2,1-2H3,(H,58,70)(H,59,67)(H,60,66)(H,61,69)(H,62,71)(H,63,68)(H,72,73). The number of hydrogen-bond donors (Lipinski definition) is 7. The Labute approximate surface area is 442 Å². The minimum absolute atomic E-state index is 0.0896. The maximum atomic E-state index is 15.0. The van der Waals surface area contributed by atoms with Crippen molar-refractivity contribution in [2.75, 3.05) is 5.32 Å². The molecule has 18 nitrogen and oxygen atoms in total. The van der Waals surface area contributed by atoms with Crippen LogP contribution in [0.25, 0.3) is 11.1 Å². The van der Waals surface area contributed by atoms with Crippen molar-refractivity contribution in [3.05, 3.63) is 184 Å². The molecule has 2 aliphatic heterocycles. The summed E-state index contributed by atoms with van der Waals surface area (Å²) in [4.78, 5) is 126. The Bertz CT molecular complexity index is 3000. The summed E-state index contributed by atoms with van der Waals surface area (Å²) in [5.74, 6) is -9.09. The van der Waals surface area contributed by atoms with E-state index in [2.05, 4.69) is 31.9 Å². The van der Waals surface area contributed by atoms with Gasteiger partial charge in [-0.2, -0.15) is 0 Å². The van der Waals surface area contributed by atoms with Gasteiger partial charge in [0.2, 0.25) is 35.8 Å². The van der Waals surface area contributed by atoms with E-state index >= 15 is 0 Å². The number of esters is 2. The van der Waals surface area contributed by atoms with Crippen LogP contribution in [0.15, 0.2) is 157 Å². The Hall–Kier alpha value is -8.97. The molecular weight excluding hydrogens is 993 g/mol. The first-order valence-corrected chi connectivity index (χ1v) is 25.2. The number of benzene rings is 5. The van der Waals surface area contributed by atoms with Crippen LogP contribution in [0.5, 0.6) is 0 Å². The molecule has 3 heterocycles. The van der Waals surface area contributed by atoms with Crippen LogP contribution < -0.4 is 31.9 Å². The number of amides is 6. The highest BCUT2D eigenvalue weighted by Gasteiger charge is 2.42. The largest absolute Gasteiger partial charge is 0.480 e. The Morgan fingerprint density at radius 3 is 1.58 bits per heavy atom. The molecule has 0 aliphatic carbocycles. The van der Waals surface area contributed by atoms with Gasteiger partial charge in [-0.25, -0.2) is 4.79 Å². The molecular formula is C57H56N6O12S. The van der Waals surface area contributed by atoms with Crippen LogP contribution in [0.2, 0.25) is 0 Å². The number of nitrogens with one attached hydrogen (secondary N) is 6. The molecule has 6 aromatic rings. The summed E-state index contributed by atoms with van der Waals surface area (Å²) in [7, 11) is 0. The molecule has 392 valence electrons. The van der Waals surface area contributed by atoms with E-state index in [0.717, 1.165) is 25.0 Å². The van der Waals surface area contributed by atoms with Gasteiger partial charge in [-0.1, -0.05) is 133 Å². The fourth-order valence-electron chi connectivity index (χ4n) is 8.45. The van der Waals surface area contributed by atoms with Gasteiger partial charge in [0, 0.05) is 56.5 Å². The molecule has 7 unspecified atom stereocenters. The topological polar surface area (TPSA) is 264 Å². The monoisotopic (exact) mass is 1050 g/mol. The van der Waals surface area contributed by atoms with Crippen molar-refractivity contribution >= 4 is 70.4 Å². The summed E-state index contributed by atoms with van der Waals surface area (Å²) in [5, 5.41) is 28.1. The number of anilines is 1. The van der Waals surface area contributed by atoms with Gasteiger partial charge in [0.15, 0.2) is 0 Å². The molecule has 0 radical (unpaired) electrons. The average Bonchev–Trinajstić information content (AvgIpc) is 3.93. The summed E-state index contributed by atoms with van der Waals surface area (Å²) >= 11 is 1.26. The number of ether oxygens (including phenoxy) is 2. The molecule has 2 aliphatic rings. The van der Waals surface area contributed by atoms with Gasteiger partial charge >= 0.3 is 17.9 Å². The fraction of sp³-hybridized carbons (Fsp3) is 0.246. The lowest BCUT2D eigenvalue weighted by atomic mass is 9.98. The van der Waals surface area contributed by atoms with E-state index in [9.17, 15) is 48.3 Å². The number of rotatable bonds is 14. The van der Waals surface area contributed by atoms with Crippen molar-refractivity contribution < 1.29 is 57.7 Å². The van der Waals surface area contributed by atoms with Crippen molar-refractivity contribution in [1.82, 2.24) is 26.6 Å². The van der Waals surface area contributed by atoms with Gasteiger partial charge in [0.25, 0.3) is 11.8 Å². The number of carbonyl (C=O) groups excluding carboxylic acids is 8. The number of hydrogen-bond acceptors (Lipinski definition) is 12. The van der Waals surface area contributed by atoms with E-state index in [0.29, 0.717) is 27.1 Å². The van der Waals surface area contributed by atoms with Crippen LogP contribution in [-0.4, -0.2) is 101 Å². The van der Waals surface area contributed by atoms with Crippen molar-refractivity contribution in [2.24, 2.45) is 0 Å². The lowest BCUT2D eigenvalue weighted by Gasteiger charge is -2.28. The zero-order valence-electron chi connectivity index (χ0n) is 41.4. The van der Waals surface area contributed by atoms with Crippen LogP contribution in [0.1, 0.15) is 41.0 Å². The third-order valence-electron chi connectivity index (χ3n) is 12.2. The number of carboxylic acid groups (broad SMARTS) is 1. The van der Waals surface area contributed by atoms with Gasteiger partial charge in [0.05, 0.1) is 0 Å². The maximum Gasteiger partial charge on any atom is 0.326 e. The first kappa shape index (κ1) is 54.8. The van der Waals surface area contributed by atoms with Crippen LogP contribution in [0.4, 0.5) is 5.69 Å². The quantitative estimate of drug-likeness (QED) is 0.0597. The average molecular weight is 1050 g/mol. The molecule has 1 aromatic heterocycles. The minimum Gasteiger partial charge on any atom is -0.480 e. The lowest BCUT2D eigenvalue weighted by Crippen LogP contribution is -2.61. The second kappa shape index (κ2) is 26.3. The van der Waals surface area contributed by atoms with Gasteiger partial charge in [-0.05, 0) is 57.0 Å². The summed E-state index contributed by atoms with van der Waals surface area (Å²) in [5.41, 5.74) is 4.13. The lowest BCUT2D eigenvalue weighted by molar-refractivity contribution is -0.173. The van der Waals surface area contributed by atoms with Gasteiger partial charge < -0.3 is 46.5 Å². The summed E-state index contributed by atoms with van der Waals surface area (Å²) in [6.07, 6.45) is -4.96. The number of thiophene rings is 1. The molecule has 7 atom stereocenters. The van der Waals surface area contributed by atoms with Gasteiger partial charge in [0.1, 0.15) is 30.2 Å². The number of carboxylic acids is 1. The van der Waals surface area contributed by atoms with Crippen molar-refractivity contribution in [3.63, 3.8) is 0 Å². The summed E-state index contributed by atoms with van der Waals surface area (Å²) in [6, 6.07) is 36.2. The maximum absolute atomic E-state index is 15.0. The van der Waals surface area contributed by atoms with Crippen LogP contribution in [0.3, 0.4) is 0 Å². The molecule has 76 heavy (non-hydrogen) atoms. The molecule has 6 amide bonds. The Morgan fingerprint density at radius 2 is 1.04 bits per heavy atom. The SMILES string of the molecule is CC(=O)OC1C(=O)Nc2ccc(cc2)CC(C(=O)NC(Cc2ccccc2)C(=O)O)NC(=O)C(Cc2ccccc2)NC(=O)C(Cc2ccc(-c3ccccc3)cc2)NC(=O)C(Cc2cccs2)NC(=O)C1OC(C)=O. The predicted octanol–water partition coefficient (Wildman–Crippen LogP) is 4.25. The first-order valence-electron chi connectivity index (χ1n) is 24.3. The predicted molar refractivity (Wildman–Crippen MR) is 281 cm³/mol. The van der Waals surface area contributed by atoms with E-state index < -0.39 is 95.8 Å². The van der Waals surface area contributed by atoms with E-state index in [1.165, 1.54) is 35.6 Å². The summed E-state index contributed by atoms with van der Waals surface area (Å²) in [6.45, 7) is 1.96. The minimum atomic E-state index is -2.14. The molecule has 0 fully saturated rings. The highest BCUT2D eigenvalue weighted by atomic mass is 32.1. The zero-order chi connectivity index (χ0) is 54.1. The fourth-order valence-corrected chi connectivity index (χ4v) is 9.20. The smallest absolute Gasteiger partial charge is 0.326 e. The van der Waals surface area contributed by atoms with Gasteiger partial charge in [-0.3, -0.25) is 38.4 Å². The number of carbonyl (C=O) groups is 9. The Kier molecular flexibility index (Phi) is 19.0. The highest BCUT2D eigenvalue weighted by Crippen LogP contribution is 2.22. The van der Waals surface area contributed by atoms with Crippen molar-refractivity contribution in [3.8, 4) is 11.1 Å². The molecule has 19 heteroatoms. The molecule has 7 N–H and O–H groups in total. The third kappa shape index (κ3) is 15.8. The third-order valence-corrected chi connectivity index (χ3v) is 13.1. The van der Waals surface area contributed by atoms with Crippen LogP contribution in [-0.2, 0) is 84.7 Å². The molecule has 8 rings (SSSR count). The Balaban J connectivity index is 1.31. The molecule has 0 saturated carbocycles. The van der Waals surface area contributed by atoms with Gasteiger partial charge in [-0.15, -0.1) is 11.3 Å². The first-order chi connectivity index (χ1) is 36.6. The number of fused-ring (bicyclic) bond motifs is 18. The summed E-state index contributed by atoms with van der Waals surface area (Å²) < 4.78 is 10.7. The van der Waals surface area contributed by atoms with Crippen LogP contribution >= 0.6 is 11.3 Å². The molecule has 5 aromatic carbocycles. The molecule has 0 spiro atoms. The molecule has 0 saturated heterocycles. The van der Waals surface area contributed by atoms with E-state index in [-0.39, 0.29) is 37.8 Å². The van der Waals surface area contributed by atoms with Crippen LogP contribution in [0, 0.1) is 0 Å². The second-order valence-corrected chi connectivity index (χ2v) is 19.1. The second-order valence-electron chi connectivity index (χ2n) is 18.0. The van der Waals surface area contributed by atoms with E-state index in [1.807, 2.05) is 42.5 Å². The Morgan fingerprint density at radius 1 is 0.553 bits per heavy atom.